The van der Waals surface area contributed by atoms with Gasteiger partial charge >= 0.3 is 5.97 Å². The molecule has 0 radical (unpaired) electrons. The highest BCUT2D eigenvalue weighted by Crippen LogP contribution is 2.06. The summed E-state index contributed by atoms with van der Waals surface area (Å²) in [7, 11) is 0. The Kier molecular flexibility index (Phi) is 5.28. The Morgan fingerprint density at radius 1 is 1.47 bits per heavy atom. The summed E-state index contributed by atoms with van der Waals surface area (Å²) < 4.78 is 0. The maximum Gasteiger partial charge on any atom is 0.308 e. The highest BCUT2D eigenvalue weighted by atomic mass is 16.4. The molecule has 0 fully saturated rings. The molecule has 15 heavy (non-hydrogen) atoms. The van der Waals surface area contributed by atoms with Crippen LogP contribution in [0, 0.1) is 5.92 Å². The molecule has 88 valence electrons. The van der Waals surface area contributed by atoms with Gasteiger partial charge < -0.3 is 16.2 Å². The molecule has 0 aliphatic carbocycles. The molecule has 0 rings (SSSR count). The monoisotopic (exact) mass is 216 g/mol. The number of carbonyl (C=O) groups excluding carboxylic acids is 1. The quantitative estimate of drug-likeness (QED) is 0.597. The molecular weight excluding hydrogens is 196 g/mol. The molecule has 0 spiro atoms. The van der Waals surface area contributed by atoms with Crippen molar-refractivity contribution in [3.63, 3.8) is 0 Å². The summed E-state index contributed by atoms with van der Waals surface area (Å²) >= 11 is 0. The van der Waals surface area contributed by atoms with Crippen molar-refractivity contribution in [2.24, 2.45) is 11.7 Å². The maximum atomic E-state index is 11.3. The third-order valence-corrected chi connectivity index (χ3v) is 2.02. The predicted molar refractivity (Wildman–Crippen MR) is 57.3 cm³/mol. The standard InChI is InChI=1S/C10H20N2O3/c1-7(9(14)15)6-12-8(13)4-5-10(2,3)11/h7H,4-6,11H2,1-3H3,(H,12,13)(H,14,15). The van der Waals surface area contributed by atoms with E-state index in [1.807, 2.05) is 13.8 Å². The fourth-order valence-electron chi connectivity index (χ4n) is 0.878. The van der Waals surface area contributed by atoms with E-state index in [1.165, 1.54) is 0 Å². The van der Waals surface area contributed by atoms with Crippen LogP contribution in [0.5, 0.6) is 0 Å². The summed E-state index contributed by atoms with van der Waals surface area (Å²) in [4.78, 5) is 21.7. The van der Waals surface area contributed by atoms with Gasteiger partial charge in [0.15, 0.2) is 0 Å². The lowest BCUT2D eigenvalue weighted by atomic mass is 10.00. The zero-order valence-electron chi connectivity index (χ0n) is 9.54. The molecule has 1 unspecified atom stereocenters. The average Bonchev–Trinajstić information content (AvgIpc) is 2.09. The zero-order valence-corrected chi connectivity index (χ0v) is 9.54. The highest BCUT2D eigenvalue weighted by Gasteiger charge is 2.15. The van der Waals surface area contributed by atoms with Crippen molar-refractivity contribution < 1.29 is 14.7 Å². The number of hydrogen-bond acceptors (Lipinski definition) is 3. The first-order valence-corrected chi connectivity index (χ1v) is 5.01. The van der Waals surface area contributed by atoms with Crippen LogP contribution in [0.1, 0.15) is 33.6 Å². The molecule has 5 heteroatoms. The van der Waals surface area contributed by atoms with Crippen LogP contribution >= 0.6 is 0 Å². The Balaban J connectivity index is 3.72. The third kappa shape index (κ3) is 7.93. The van der Waals surface area contributed by atoms with Crippen LogP contribution in [0.2, 0.25) is 0 Å². The molecule has 0 aliphatic rings. The number of amides is 1. The number of carboxylic acids is 1. The van der Waals surface area contributed by atoms with E-state index >= 15 is 0 Å². The van der Waals surface area contributed by atoms with Gasteiger partial charge in [-0.2, -0.15) is 0 Å². The van der Waals surface area contributed by atoms with E-state index in [-0.39, 0.29) is 18.0 Å². The molecule has 1 amide bonds. The Morgan fingerprint density at radius 3 is 2.40 bits per heavy atom. The molecule has 0 saturated carbocycles. The maximum absolute atomic E-state index is 11.3. The van der Waals surface area contributed by atoms with Gasteiger partial charge in [-0.1, -0.05) is 6.92 Å². The van der Waals surface area contributed by atoms with Crippen molar-refractivity contribution >= 4 is 11.9 Å². The number of carboxylic acid groups (broad SMARTS) is 1. The first-order chi connectivity index (χ1) is 6.72. The second kappa shape index (κ2) is 5.70. The molecule has 0 saturated heterocycles. The van der Waals surface area contributed by atoms with Crippen LogP contribution in [-0.4, -0.2) is 29.1 Å². The average molecular weight is 216 g/mol. The summed E-state index contributed by atoms with van der Waals surface area (Å²) in [6, 6.07) is 0. The topological polar surface area (TPSA) is 92.4 Å². The fraction of sp³-hybridized carbons (Fsp3) is 0.800. The lowest BCUT2D eigenvalue weighted by Gasteiger charge is -2.17. The van der Waals surface area contributed by atoms with Crippen molar-refractivity contribution in [2.45, 2.75) is 39.2 Å². The minimum atomic E-state index is -0.908. The Bertz CT molecular complexity index is 233. The van der Waals surface area contributed by atoms with E-state index in [2.05, 4.69) is 5.32 Å². The van der Waals surface area contributed by atoms with Gasteiger partial charge in [0.2, 0.25) is 5.91 Å². The smallest absolute Gasteiger partial charge is 0.308 e. The van der Waals surface area contributed by atoms with Gasteiger partial charge in [0.05, 0.1) is 5.92 Å². The molecule has 0 heterocycles. The summed E-state index contributed by atoms with van der Waals surface area (Å²) in [5.74, 6) is -1.61. The van der Waals surface area contributed by atoms with E-state index in [0.717, 1.165) is 0 Å². The summed E-state index contributed by atoms with van der Waals surface area (Å²) in [6.45, 7) is 5.41. The van der Waals surface area contributed by atoms with Crippen LogP contribution in [0.15, 0.2) is 0 Å². The fourth-order valence-corrected chi connectivity index (χ4v) is 0.878. The molecule has 4 N–H and O–H groups in total. The van der Waals surface area contributed by atoms with E-state index in [9.17, 15) is 9.59 Å². The van der Waals surface area contributed by atoms with Crippen molar-refractivity contribution in [3.05, 3.63) is 0 Å². The second-order valence-corrected chi connectivity index (χ2v) is 4.53. The van der Waals surface area contributed by atoms with Crippen LogP contribution in [0.3, 0.4) is 0 Å². The second-order valence-electron chi connectivity index (χ2n) is 4.53. The van der Waals surface area contributed by atoms with Gasteiger partial charge in [0.1, 0.15) is 0 Å². The van der Waals surface area contributed by atoms with Crippen molar-refractivity contribution in [3.8, 4) is 0 Å². The lowest BCUT2D eigenvalue weighted by Crippen LogP contribution is -2.36. The molecule has 5 nitrogen and oxygen atoms in total. The Labute approximate surface area is 90.0 Å². The minimum absolute atomic E-state index is 0.151. The predicted octanol–water partition coefficient (Wildman–Crippen LogP) is 0.341. The van der Waals surface area contributed by atoms with Crippen molar-refractivity contribution in [1.29, 1.82) is 0 Å². The first-order valence-electron chi connectivity index (χ1n) is 5.01. The summed E-state index contributed by atoms with van der Waals surface area (Å²) in [6.07, 6.45) is 0.913. The van der Waals surface area contributed by atoms with Gasteiger partial charge in [-0.3, -0.25) is 9.59 Å². The number of carbonyl (C=O) groups is 2. The number of rotatable bonds is 6. The van der Waals surface area contributed by atoms with Gasteiger partial charge in [-0.15, -0.1) is 0 Å². The van der Waals surface area contributed by atoms with E-state index in [4.69, 9.17) is 10.8 Å². The molecular formula is C10H20N2O3. The van der Waals surface area contributed by atoms with Crippen molar-refractivity contribution in [1.82, 2.24) is 5.32 Å². The minimum Gasteiger partial charge on any atom is -0.481 e. The third-order valence-electron chi connectivity index (χ3n) is 2.02. The van der Waals surface area contributed by atoms with Gasteiger partial charge in [-0.25, -0.2) is 0 Å². The van der Waals surface area contributed by atoms with Crippen LogP contribution < -0.4 is 11.1 Å². The first kappa shape index (κ1) is 13.9. The van der Waals surface area contributed by atoms with E-state index in [1.54, 1.807) is 6.92 Å². The highest BCUT2D eigenvalue weighted by molar-refractivity contribution is 5.77. The lowest BCUT2D eigenvalue weighted by molar-refractivity contribution is -0.141. The van der Waals surface area contributed by atoms with Crippen LogP contribution in [-0.2, 0) is 9.59 Å². The Morgan fingerprint density at radius 2 is 2.00 bits per heavy atom. The molecule has 0 aromatic carbocycles. The summed E-state index contributed by atoms with van der Waals surface area (Å²) in [5, 5.41) is 11.1. The molecule has 1 atom stereocenters. The van der Waals surface area contributed by atoms with Crippen LogP contribution in [0.4, 0.5) is 0 Å². The van der Waals surface area contributed by atoms with E-state index in [0.29, 0.717) is 12.8 Å². The molecule has 0 bridgehead atoms. The number of nitrogens with one attached hydrogen (secondary N) is 1. The van der Waals surface area contributed by atoms with Crippen LogP contribution in [0.25, 0.3) is 0 Å². The van der Waals surface area contributed by atoms with Gasteiger partial charge in [-0.05, 0) is 20.3 Å². The SMILES string of the molecule is CC(CNC(=O)CCC(C)(C)N)C(=O)O. The zero-order chi connectivity index (χ0) is 12.1. The number of nitrogens with two attached hydrogens (primary N) is 1. The summed E-state index contributed by atoms with van der Waals surface area (Å²) in [5.41, 5.74) is 5.35. The normalized spacial score (nSPS) is 13.3. The van der Waals surface area contributed by atoms with Crippen molar-refractivity contribution in [2.75, 3.05) is 6.54 Å². The largest absolute Gasteiger partial charge is 0.481 e. The molecule has 0 aromatic rings. The Hall–Kier alpha value is -1.10. The van der Waals surface area contributed by atoms with Gasteiger partial charge in [0.25, 0.3) is 0 Å². The van der Waals surface area contributed by atoms with E-state index < -0.39 is 11.9 Å². The number of aliphatic carboxylic acids is 1. The number of hydrogen-bond donors (Lipinski definition) is 3. The van der Waals surface area contributed by atoms with Gasteiger partial charge in [0, 0.05) is 18.5 Å². The molecule has 0 aliphatic heterocycles. The molecule has 0 aromatic heterocycles.